The van der Waals surface area contributed by atoms with E-state index in [2.05, 4.69) is 10.6 Å². The molecule has 0 fully saturated rings. The Labute approximate surface area is 292 Å². The zero-order valence-electron chi connectivity index (χ0n) is 24.6. The van der Waals surface area contributed by atoms with E-state index in [0.717, 1.165) is 48.5 Å². The summed E-state index contributed by atoms with van der Waals surface area (Å²) >= 11 is 0. The molecule has 2 rings (SSSR count). The Kier molecular flexibility index (Phi) is 17.9. The SMILES string of the molecule is CC(C)(C)NCOS(=O)(=O)c1cccc(S(=O)(=O)[O-])c1.CC(C)(C)NCOS(=O)(=O)c1cccc(S(=O)(=O)[O-])c1.[Na+].[Na+]. The van der Waals surface area contributed by atoms with E-state index in [0.29, 0.717) is 0 Å². The van der Waals surface area contributed by atoms with Crippen LogP contribution in [0.15, 0.2) is 68.1 Å². The molecule has 20 heteroatoms. The van der Waals surface area contributed by atoms with Crippen LogP contribution in [0.2, 0.25) is 0 Å². The van der Waals surface area contributed by atoms with Crippen molar-refractivity contribution in [3.05, 3.63) is 48.5 Å². The van der Waals surface area contributed by atoms with Crippen LogP contribution in [0.25, 0.3) is 0 Å². The predicted octanol–water partition coefficient (Wildman–Crippen LogP) is -4.71. The van der Waals surface area contributed by atoms with E-state index < -0.39 is 50.3 Å². The van der Waals surface area contributed by atoms with Crippen LogP contribution in [0.4, 0.5) is 0 Å². The average Bonchev–Trinajstić information content (AvgIpc) is 2.76. The molecule has 0 saturated heterocycles. The second kappa shape index (κ2) is 17.1. The number of rotatable bonds is 10. The maximum atomic E-state index is 11.8. The minimum Gasteiger partial charge on any atom is -0.744 e. The fourth-order valence-corrected chi connectivity index (χ4v) is 5.27. The molecule has 42 heavy (non-hydrogen) atoms. The van der Waals surface area contributed by atoms with Gasteiger partial charge in [0.05, 0.1) is 19.6 Å². The third-order valence-corrected chi connectivity index (χ3v) is 8.58. The molecule has 0 heterocycles. The van der Waals surface area contributed by atoms with Crippen molar-refractivity contribution < 1.29 is 110 Å². The Balaban J connectivity index is 0. The fourth-order valence-electron chi connectivity index (χ4n) is 2.35. The van der Waals surface area contributed by atoms with E-state index in [1.807, 2.05) is 41.5 Å². The standard InChI is InChI=1S/2C11H17NO6S2.2Na/c2*1-11(2,3)12-8-18-20(16,17)10-6-4-5-9(7-10)19(13,14)15;;/h2*4-7,12H,8H2,1-3H3,(H,13,14,15);;/q;;2*+1/p-2. The van der Waals surface area contributed by atoms with Gasteiger partial charge in [0.1, 0.15) is 33.7 Å². The molecule has 228 valence electrons. The second-order valence-electron chi connectivity index (χ2n) is 10.1. The van der Waals surface area contributed by atoms with E-state index in [-0.39, 0.29) is 93.4 Å². The van der Waals surface area contributed by atoms with Gasteiger partial charge in [-0.15, -0.1) is 0 Å². The summed E-state index contributed by atoms with van der Waals surface area (Å²) in [6.07, 6.45) is 0. The third kappa shape index (κ3) is 16.9. The summed E-state index contributed by atoms with van der Waals surface area (Å²) in [5.74, 6) is 0. The van der Waals surface area contributed by atoms with Crippen molar-refractivity contribution in [2.45, 2.75) is 72.2 Å². The van der Waals surface area contributed by atoms with Crippen molar-refractivity contribution in [2.75, 3.05) is 13.5 Å². The molecule has 0 bridgehead atoms. The zero-order chi connectivity index (χ0) is 31.2. The zero-order valence-corrected chi connectivity index (χ0v) is 31.8. The summed E-state index contributed by atoms with van der Waals surface area (Å²) in [6, 6.07) is 8.23. The number of nitrogens with one attached hydrogen (secondary N) is 2. The van der Waals surface area contributed by atoms with Crippen molar-refractivity contribution in [3.8, 4) is 0 Å². The molecule has 0 unspecified atom stereocenters. The van der Waals surface area contributed by atoms with Crippen LogP contribution in [0.3, 0.4) is 0 Å². The molecule has 14 nitrogen and oxygen atoms in total. The van der Waals surface area contributed by atoms with Gasteiger partial charge in [-0.3, -0.25) is 19.0 Å². The van der Waals surface area contributed by atoms with Crippen LogP contribution in [0.5, 0.6) is 0 Å². The van der Waals surface area contributed by atoms with Gasteiger partial charge in [0.15, 0.2) is 0 Å². The number of hydrogen-bond donors (Lipinski definition) is 2. The average molecular weight is 691 g/mol. The van der Waals surface area contributed by atoms with E-state index in [1.54, 1.807) is 0 Å². The van der Waals surface area contributed by atoms with Gasteiger partial charge in [-0.05, 0) is 77.9 Å². The molecule has 0 aliphatic carbocycles. The van der Waals surface area contributed by atoms with Crippen LogP contribution in [-0.2, 0) is 48.8 Å². The fraction of sp³-hybridized carbons (Fsp3) is 0.455. The van der Waals surface area contributed by atoms with E-state index in [1.165, 1.54) is 0 Å². The van der Waals surface area contributed by atoms with E-state index in [4.69, 9.17) is 8.37 Å². The molecule has 0 amide bonds. The smallest absolute Gasteiger partial charge is 0.744 e. The minimum atomic E-state index is -4.71. The first-order valence-electron chi connectivity index (χ1n) is 11.2. The molecular formula is C22H32N2Na2O12S4. The first-order chi connectivity index (χ1) is 17.8. The molecule has 2 aromatic rings. The van der Waals surface area contributed by atoms with Gasteiger partial charge in [-0.2, -0.15) is 16.8 Å². The van der Waals surface area contributed by atoms with Gasteiger partial charge in [0.2, 0.25) is 0 Å². The summed E-state index contributed by atoms with van der Waals surface area (Å²) in [7, 11) is -17.7. The maximum Gasteiger partial charge on any atom is 1.00 e. The van der Waals surface area contributed by atoms with Crippen LogP contribution in [-0.4, -0.2) is 67.3 Å². The Bertz CT molecular complexity index is 1480. The Morgan fingerprint density at radius 2 is 0.833 bits per heavy atom. The van der Waals surface area contributed by atoms with E-state index in [9.17, 15) is 42.8 Å². The Hall–Kier alpha value is 0.000000000000000444. The molecule has 2 aromatic carbocycles. The first-order valence-corrected chi connectivity index (χ1v) is 16.9. The van der Waals surface area contributed by atoms with E-state index >= 15 is 0 Å². The monoisotopic (exact) mass is 690 g/mol. The van der Waals surface area contributed by atoms with Crippen LogP contribution in [0.1, 0.15) is 41.5 Å². The van der Waals surface area contributed by atoms with Crippen molar-refractivity contribution in [1.82, 2.24) is 10.6 Å². The van der Waals surface area contributed by atoms with Gasteiger partial charge in [0.25, 0.3) is 20.2 Å². The van der Waals surface area contributed by atoms with Gasteiger partial charge < -0.3 is 9.11 Å². The minimum absolute atomic E-state index is 0. The normalized spacial score (nSPS) is 12.8. The molecule has 0 spiro atoms. The third-order valence-electron chi connectivity index (χ3n) is 4.40. The van der Waals surface area contributed by atoms with Crippen LogP contribution >= 0.6 is 0 Å². The summed E-state index contributed by atoms with van der Waals surface area (Å²) in [5, 5.41) is 5.62. The molecule has 0 saturated carbocycles. The topological polar surface area (TPSA) is 225 Å². The number of hydrogen-bond acceptors (Lipinski definition) is 14. The summed E-state index contributed by atoms with van der Waals surface area (Å²) in [5.41, 5.74) is -0.675. The quantitative estimate of drug-likeness (QED) is 0.103. The Morgan fingerprint density at radius 3 is 1.07 bits per heavy atom. The first kappa shape index (κ1) is 44.1. The molecule has 0 aliphatic rings. The van der Waals surface area contributed by atoms with Gasteiger partial charge in [-0.1, -0.05) is 12.1 Å². The summed E-state index contributed by atoms with van der Waals surface area (Å²) < 4.78 is 122. The molecule has 0 atom stereocenters. The van der Waals surface area contributed by atoms with Crippen molar-refractivity contribution in [2.24, 2.45) is 0 Å². The summed E-state index contributed by atoms with van der Waals surface area (Å²) in [6.45, 7) is 10.4. The van der Waals surface area contributed by atoms with Crippen molar-refractivity contribution in [3.63, 3.8) is 0 Å². The molecular weight excluding hydrogens is 658 g/mol. The molecule has 0 aliphatic heterocycles. The van der Waals surface area contributed by atoms with Crippen LogP contribution < -0.4 is 69.7 Å². The molecule has 0 aromatic heterocycles. The Morgan fingerprint density at radius 1 is 0.571 bits per heavy atom. The maximum absolute atomic E-state index is 11.8. The van der Waals surface area contributed by atoms with Crippen molar-refractivity contribution >= 4 is 40.5 Å². The second-order valence-corrected chi connectivity index (χ2v) is 16.1. The summed E-state index contributed by atoms with van der Waals surface area (Å²) in [4.78, 5) is -2.01. The van der Waals surface area contributed by atoms with Crippen molar-refractivity contribution in [1.29, 1.82) is 0 Å². The molecule has 0 radical (unpaired) electrons. The number of benzene rings is 2. The molecule has 2 N–H and O–H groups in total. The van der Waals surface area contributed by atoms with Gasteiger partial charge in [-0.25, -0.2) is 16.8 Å². The van der Waals surface area contributed by atoms with Gasteiger partial charge in [0, 0.05) is 11.1 Å². The van der Waals surface area contributed by atoms with Crippen LogP contribution in [0, 0.1) is 0 Å². The van der Waals surface area contributed by atoms with Gasteiger partial charge >= 0.3 is 59.1 Å². The largest absolute Gasteiger partial charge is 1.00 e. The predicted molar refractivity (Wildman–Crippen MR) is 141 cm³/mol.